The number of rotatable bonds is 7. The fourth-order valence-electron chi connectivity index (χ4n) is 3.08. The third-order valence-electron chi connectivity index (χ3n) is 4.46. The van der Waals surface area contributed by atoms with Crippen molar-refractivity contribution in [2.45, 2.75) is 64.6 Å². The van der Waals surface area contributed by atoms with Gasteiger partial charge in [0.25, 0.3) is 0 Å². The molecule has 1 aromatic heterocycles. The summed E-state index contributed by atoms with van der Waals surface area (Å²) in [6.45, 7) is 6.90. The molecule has 1 atom stereocenters. The predicted octanol–water partition coefficient (Wildman–Crippen LogP) is 1.96. The van der Waals surface area contributed by atoms with Crippen molar-refractivity contribution in [3.8, 4) is 0 Å². The molecule has 2 aliphatic carbocycles. The van der Waals surface area contributed by atoms with E-state index in [0.29, 0.717) is 25.1 Å². The zero-order chi connectivity index (χ0) is 15.0. The fraction of sp³-hybridized carbons (Fsp3) is 0.750. The standard InChI is InChI=1S/C16H25N3O2/c1-4-21-15(20)16(13-5-6-13,17-14-7-8-14)10-19-12(3)9-11(2)18-19/h9,13-14,17H,4-8,10H2,1-3H3. The van der Waals surface area contributed by atoms with E-state index in [0.717, 1.165) is 37.1 Å². The minimum Gasteiger partial charge on any atom is -0.465 e. The van der Waals surface area contributed by atoms with Gasteiger partial charge in [-0.3, -0.25) is 10.00 Å². The monoisotopic (exact) mass is 291 g/mol. The molecular formula is C16H25N3O2. The molecule has 2 saturated carbocycles. The molecule has 3 rings (SSSR count). The Morgan fingerprint density at radius 1 is 1.43 bits per heavy atom. The number of nitrogens with zero attached hydrogens (tertiary/aromatic N) is 2. The number of aryl methyl sites for hydroxylation is 2. The van der Waals surface area contributed by atoms with Crippen LogP contribution in [0.4, 0.5) is 0 Å². The molecule has 21 heavy (non-hydrogen) atoms. The number of carbonyl (C=O) groups excluding carboxylic acids is 1. The first-order chi connectivity index (χ1) is 10.0. The average molecular weight is 291 g/mol. The van der Waals surface area contributed by atoms with Crippen LogP contribution in [-0.4, -0.2) is 33.9 Å². The summed E-state index contributed by atoms with van der Waals surface area (Å²) >= 11 is 0. The van der Waals surface area contributed by atoms with Crippen LogP contribution in [0.25, 0.3) is 0 Å². The zero-order valence-corrected chi connectivity index (χ0v) is 13.2. The van der Waals surface area contributed by atoms with E-state index >= 15 is 0 Å². The lowest BCUT2D eigenvalue weighted by atomic mass is 9.92. The quantitative estimate of drug-likeness (QED) is 0.780. The first kappa shape index (κ1) is 14.6. The molecule has 5 nitrogen and oxygen atoms in total. The lowest BCUT2D eigenvalue weighted by molar-refractivity contribution is -0.153. The number of nitrogens with one attached hydrogen (secondary N) is 1. The summed E-state index contributed by atoms with van der Waals surface area (Å²) < 4.78 is 7.37. The largest absolute Gasteiger partial charge is 0.465 e. The van der Waals surface area contributed by atoms with E-state index in [2.05, 4.69) is 16.5 Å². The van der Waals surface area contributed by atoms with Crippen molar-refractivity contribution >= 4 is 5.97 Å². The second-order valence-electron chi connectivity index (χ2n) is 6.47. The number of carbonyl (C=O) groups is 1. The van der Waals surface area contributed by atoms with Gasteiger partial charge in [0, 0.05) is 11.7 Å². The topological polar surface area (TPSA) is 56.2 Å². The predicted molar refractivity (Wildman–Crippen MR) is 79.9 cm³/mol. The van der Waals surface area contributed by atoms with Crippen molar-refractivity contribution < 1.29 is 9.53 Å². The molecule has 2 aliphatic rings. The maximum absolute atomic E-state index is 12.7. The molecule has 1 N–H and O–H groups in total. The fourth-order valence-corrected chi connectivity index (χ4v) is 3.08. The molecule has 1 heterocycles. The van der Waals surface area contributed by atoms with E-state index < -0.39 is 5.54 Å². The number of aromatic nitrogens is 2. The first-order valence-electron chi connectivity index (χ1n) is 8.01. The van der Waals surface area contributed by atoms with Gasteiger partial charge in [0.1, 0.15) is 5.54 Å². The minimum absolute atomic E-state index is 0.105. The van der Waals surface area contributed by atoms with Gasteiger partial charge in [-0.15, -0.1) is 0 Å². The SMILES string of the molecule is CCOC(=O)C(Cn1nc(C)cc1C)(NC1CC1)C1CC1. The molecule has 0 radical (unpaired) electrons. The van der Waals surface area contributed by atoms with Crippen molar-refractivity contribution in [1.82, 2.24) is 15.1 Å². The van der Waals surface area contributed by atoms with Gasteiger partial charge in [0.05, 0.1) is 18.8 Å². The van der Waals surface area contributed by atoms with Crippen molar-refractivity contribution in [2.75, 3.05) is 6.61 Å². The van der Waals surface area contributed by atoms with Crippen LogP contribution in [0.1, 0.15) is 44.0 Å². The van der Waals surface area contributed by atoms with Gasteiger partial charge < -0.3 is 4.74 Å². The Bertz CT molecular complexity index is 532. The van der Waals surface area contributed by atoms with Crippen LogP contribution < -0.4 is 5.32 Å². The van der Waals surface area contributed by atoms with Gasteiger partial charge >= 0.3 is 5.97 Å². The molecule has 0 aromatic carbocycles. The average Bonchev–Trinajstić information content (AvgIpc) is 3.31. The normalized spacial score (nSPS) is 21.1. The Balaban J connectivity index is 1.89. The van der Waals surface area contributed by atoms with Crippen LogP contribution in [0, 0.1) is 19.8 Å². The van der Waals surface area contributed by atoms with Gasteiger partial charge in [0.15, 0.2) is 0 Å². The summed E-state index contributed by atoms with van der Waals surface area (Å²) in [5, 5.41) is 8.14. The van der Waals surface area contributed by atoms with E-state index in [1.807, 2.05) is 25.5 Å². The highest BCUT2D eigenvalue weighted by molar-refractivity contribution is 5.82. The summed E-state index contributed by atoms with van der Waals surface area (Å²) in [4.78, 5) is 12.7. The molecule has 1 unspecified atom stereocenters. The van der Waals surface area contributed by atoms with Crippen LogP contribution in [0.3, 0.4) is 0 Å². The third kappa shape index (κ3) is 2.98. The number of ether oxygens (including phenoxy) is 1. The molecule has 5 heteroatoms. The molecule has 0 saturated heterocycles. The van der Waals surface area contributed by atoms with Gasteiger partial charge in [-0.2, -0.15) is 5.10 Å². The van der Waals surface area contributed by atoms with E-state index in [4.69, 9.17) is 4.74 Å². The van der Waals surface area contributed by atoms with E-state index in [1.54, 1.807) is 0 Å². The van der Waals surface area contributed by atoms with Crippen LogP contribution >= 0.6 is 0 Å². The molecule has 0 bridgehead atoms. The summed E-state index contributed by atoms with van der Waals surface area (Å²) in [7, 11) is 0. The second kappa shape index (κ2) is 5.44. The Morgan fingerprint density at radius 2 is 2.14 bits per heavy atom. The Hall–Kier alpha value is -1.36. The van der Waals surface area contributed by atoms with Gasteiger partial charge in [-0.25, -0.2) is 4.79 Å². The maximum Gasteiger partial charge on any atom is 0.328 e. The summed E-state index contributed by atoms with van der Waals surface area (Å²) in [5.74, 6) is 0.271. The molecule has 1 aromatic rings. The molecular weight excluding hydrogens is 266 g/mol. The highest BCUT2D eigenvalue weighted by Gasteiger charge is 2.54. The second-order valence-corrected chi connectivity index (χ2v) is 6.47. The van der Waals surface area contributed by atoms with Crippen molar-refractivity contribution in [1.29, 1.82) is 0 Å². The van der Waals surface area contributed by atoms with Crippen LogP contribution in [0.15, 0.2) is 6.07 Å². The Morgan fingerprint density at radius 3 is 2.62 bits per heavy atom. The smallest absolute Gasteiger partial charge is 0.328 e. The first-order valence-corrected chi connectivity index (χ1v) is 8.01. The number of esters is 1. The van der Waals surface area contributed by atoms with Crippen LogP contribution in [0.5, 0.6) is 0 Å². The van der Waals surface area contributed by atoms with Crippen molar-refractivity contribution in [3.05, 3.63) is 17.5 Å². The molecule has 0 amide bonds. The number of hydrogen-bond acceptors (Lipinski definition) is 4. The Kier molecular flexibility index (Phi) is 3.78. The van der Waals surface area contributed by atoms with Crippen molar-refractivity contribution in [3.63, 3.8) is 0 Å². The van der Waals surface area contributed by atoms with E-state index in [9.17, 15) is 4.79 Å². The summed E-state index contributed by atoms with van der Waals surface area (Å²) in [6.07, 6.45) is 4.51. The van der Waals surface area contributed by atoms with Crippen LogP contribution in [0.2, 0.25) is 0 Å². The van der Waals surface area contributed by atoms with E-state index in [-0.39, 0.29) is 5.97 Å². The minimum atomic E-state index is -0.597. The third-order valence-corrected chi connectivity index (χ3v) is 4.46. The number of hydrogen-bond donors (Lipinski definition) is 1. The Labute approximate surface area is 126 Å². The highest BCUT2D eigenvalue weighted by atomic mass is 16.5. The maximum atomic E-state index is 12.7. The van der Waals surface area contributed by atoms with Gasteiger partial charge in [0.2, 0.25) is 0 Å². The van der Waals surface area contributed by atoms with Gasteiger partial charge in [-0.05, 0) is 58.4 Å². The molecule has 2 fully saturated rings. The summed E-state index contributed by atoms with van der Waals surface area (Å²) in [6, 6.07) is 2.52. The highest BCUT2D eigenvalue weighted by Crippen LogP contribution is 2.43. The van der Waals surface area contributed by atoms with Gasteiger partial charge in [-0.1, -0.05) is 0 Å². The lowest BCUT2D eigenvalue weighted by Gasteiger charge is -2.33. The van der Waals surface area contributed by atoms with Crippen molar-refractivity contribution in [2.24, 2.45) is 5.92 Å². The van der Waals surface area contributed by atoms with E-state index in [1.165, 1.54) is 0 Å². The molecule has 0 aliphatic heterocycles. The summed E-state index contributed by atoms with van der Waals surface area (Å²) in [5.41, 5.74) is 1.49. The molecule has 0 spiro atoms. The molecule has 116 valence electrons. The van der Waals surface area contributed by atoms with Crippen LogP contribution in [-0.2, 0) is 16.1 Å². The zero-order valence-electron chi connectivity index (χ0n) is 13.2. The lowest BCUT2D eigenvalue weighted by Crippen LogP contribution is -2.58.